The normalized spacial score (nSPS) is 16.0. The number of esters is 1. The van der Waals surface area contributed by atoms with Gasteiger partial charge in [0.05, 0.1) is 11.6 Å². The molecule has 2 amide bonds. The van der Waals surface area contributed by atoms with Crippen LogP contribution < -0.4 is 10.2 Å². The average Bonchev–Trinajstić information content (AvgIpc) is 3.10. The average molecular weight is 419 g/mol. The van der Waals surface area contributed by atoms with E-state index in [0.29, 0.717) is 0 Å². The highest BCUT2D eigenvalue weighted by Crippen LogP contribution is 2.26. The van der Waals surface area contributed by atoms with Crippen LogP contribution in [0.5, 0.6) is 0 Å². The Morgan fingerprint density at radius 2 is 1.97 bits per heavy atom. The highest BCUT2D eigenvalue weighted by atomic mass is 35.5. The number of hydrogen-bond donors (Lipinski definition) is 1. The van der Waals surface area contributed by atoms with Crippen molar-refractivity contribution >= 4 is 40.8 Å². The lowest BCUT2D eigenvalue weighted by molar-refractivity contribution is -0.151. The van der Waals surface area contributed by atoms with Crippen LogP contribution in [0.3, 0.4) is 0 Å². The van der Waals surface area contributed by atoms with Gasteiger partial charge in [0, 0.05) is 23.7 Å². The first kappa shape index (κ1) is 20.8. The van der Waals surface area contributed by atoms with E-state index < -0.39 is 30.2 Å². The van der Waals surface area contributed by atoms with Crippen LogP contribution in [-0.2, 0) is 25.5 Å². The maximum absolute atomic E-state index is 13.6. The molecule has 1 atom stereocenters. The highest BCUT2D eigenvalue weighted by molar-refractivity contribution is 6.30. The summed E-state index contributed by atoms with van der Waals surface area (Å²) >= 11 is 5.77. The molecule has 2 aromatic rings. The summed E-state index contributed by atoms with van der Waals surface area (Å²) in [6, 6.07) is 11.3. The Bertz CT molecular complexity index is 933. The second-order valence-electron chi connectivity index (χ2n) is 6.71. The first-order chi connectivity index (χ1) is 13.9. The van der Waals surface area contributed by atoms with Crippen molar-refractivity contribution in [1.29, 1.82) is 0 Å². The smallest absolute Gasteiger partial charge is 0.311 e. The van der Waals surface area contributed by atoms with Gasteiger partial charge in [0.2, 0.25) is 5.91 Å². The fraction of sp³-hybridized carbons (Fsp3) is 0.286. The van der Waals surface area contributed by atoms with Crippen LogP contribution in [0.2, 0.25) is 5.02 Å². The number of anilines is 2. The topological polar surface area (TPSA) is 75.7 Å². The highest BCUT2D eigenvalue weighted by Gasteiger charge is 2.36. The molecule has 1 aliphatic rings. The molecule has 2 aromatic carbocycles. The number of carbonyl (C=O) groups is 3. The Morgan fingerprint density at radius 3 is 2.66 bits per heavy atom. The van der Waals surface area contributed by atoms with E-state index in [1.807, 2.05) is 31.2 Å². The second-order valence-corrected chi connectivity index (χ2v) is 7.14. The van der Waals surface area contributed by atoms with E-state index in [1.54, 1.807) is 0 Å². The maximum atomic E-state index is 13.6. The zero-order valence-electron chi connectivity index (χ0n) is 15.8. The third-order valence-corrected chi connectivity index (χ3v) is 4.90. The molecule has 1 saturated heterocycles. The molecule has 1 fully saturated rings. The number of benzene rings is 2. The van der Waals surface area contributed by atoms with Gasteiger partial charge in [-0.25, -0.2) is 4.39 Å². The van der Waals surface area contributed by atoms with Gasteiger partial charge < -0.3 is 15.0 Å². The molecular weight excluding hydrogens is 399 g/mol. The molecule has 0 unspecified atom stereocenters. The van der Waals surface area contributed by atoms with Crippen LogP contribution in [0.4, 0.5) is 15.8 Å². The summed E-state index contributed by atoms with van der Waals surface area (Å²) in [5, 5.41) is 2.56. The van der Waals surface area contributed by atoms with Crippen molar-refractivity contribution in [3.63, 3.8) is 0 Å². The van der Waals surface area contributed by atoms with Crippen molar-refractivity contribution in [2.75, 3.05) is 23.4 Å². The first-order valence-corrected chi connectivity index (χ1v) is 9.56. The fourth-order valence-electron chi connectivity index (χ4n) is 3.06. The van der Waals surface area contributed by atoms with Crippen LogP contribution in [-0.4, -0.2) is 30.9 Å². The number of aryl methyl sites for hydroxylation is 1. The lowest BCUT2D eigenvalue weighted by Gasteiger charge is -2.17. The molecule has 0 saturated carbocycles. The molecule has 3 rings (SSSR count). The number of nitrogens with one attached hydrogen (secondary N) is 1. The van der Waals surface area contributed by atoms with Crippen molar-refractivity contribution in [2.45, 2.75) is 19.8 Å². The number of ether oxygens (including phenoxy) is 1. The molecule has 8 heteroatoms. The SMILES string of the molecule is CCc1ccc(N2C[C@H](C(=O)OCC(=O)Nc3cc(Cl)ccc3F)CC2=O)cc1. The maximum Gasteiger partial charge on any atom is 0.311 e. The van der Waals surface area contributed by atoms with Gasteiger partial charge in [-0.15, -0.1) is 0 Å². The Balaban J connectivity index is 1.53. The zero-order valence-corrected chi connectivity index (χ0v) is 16.5. The van der Waals surface area contributed by atoms with Crippen molar-refractivity contribution in [3.8, 4) is 0 Å². The molecule has 1 heterocycles. The minimum Gasteiger partial charge on any atom is -0.455 e. The quantitative estimate of drug-likeness (QED) is 0.727. The summed E-state index contributed by atoms with van der Waals surface area (Å²) in [4.78, 5) is 38.0. The minimum absolute atomic E-state index is 0.0128. The van der Waals surface area contributed by atoms with Gasteiger partial charge in [-0.2, -0.15) is 0 Å². The molecule has 0 bridgehead atoms. The van der Waals surface area contributed by atoms with Crippen molar-refractivity contribution < 1.29 is 23.5 Å². The number of rotatable bonds is 6. The van der Waals surface area contributed by atoms with Crippen molar-refractivity contribution in [3.05, 3.63) is 58.9 Å². The Hall–Kier alpha value is -2.93. The van der Waals surface area contributed by atoms with Gasteiger partial charge in [0.15, 0.2) is 6.61 Å². The number of halogens is 2. The monoisotopic (exact) mass is 418 g/mol. The molecule has 0 spiro atoms. The standard InChI is InChI=1S/C21H20ClFN2O4/c1-2-13-3-6-16(7-4-13)25-11-14(9-20(25)27)21(28)29-12-19(26)24-18-10-15(22)5-8-17(18)23/h3-8,10,14H,2,9,11-12H2,1H3,(H,24,26)/t14-/m1/s1. The predicted octanol–water partition coefficient (Wildman–Crippen LogP) is 3.58. The Morgan fingerprint density at radius 1 is 1.24 bits per heavy atom. The van der Waals surface area contributed by atoms with E-state index in [2.05, 4.69) is 5.32 Å². The Kier molecular flexibility index (Phi) is 6.49. The van der Waals surface area contributed by atoms with Crippen LogP contribution in [0.1, 0.15) is 18.9 Å². The summed E-state index contributed by atoms with van der Waals surface area (Å²) in [6.07, 6.45) is 0.906. The fourth-order valence-corrected chi connectivity index (χ4v) is 3.23. The first-order valence-electron chi connectivity index (χ1n) is 9.18. The number of nitrogens with zero attached hydrogens (tertiary/aromatic N) is 1. The molecule has 1 N–H and O–H groups in total. The summed E-state index contributed by atoms with van der Waals surface area (Å²) in [5.41, 5.74) is 1.77. The molecule has 0 aromatic heterocycles. The summed E-state index contributed by atoms with van der Waals surface area (Å²) < 4.78 is 18.7. The van der Waals surface area contributed by atoms with Gasteiger partial charge in [-0.05, 0) is 42.3 Å². The molecule has 0 aliphatic carbocycles. The van der Waals surface area contributed by atoms with E-state index in [1.165, 1.54) is 17.0 Å². The van der Waals surface area contributed by atoms with Gasteiger partial charge in [0.1, 0.15) is 5.82 Å². The van der Waals surface area contributed by atoms with Gasteiger partial charge in [-0.3, -0.25) is 14.4 Å². The number of hydrogen-bond acceptors (Lipinski definition) is 4. The molecule has 1 aliphatic heterocycles. The summed E-state index contributed by atoms with van der Waals surface area (Å²) in [7, 11) is 0. The van der Waals surface area contributed by atoms with Crippen molar-refractivity contribution in [2.24, 2.45) is 5.92 Å². The third-order valence-electron chi connectivity index (χ3n) is 4.66. The lowest BCUT2D eigenvalue weighted by atomic mass is 10.1. The molecule has 152 valence electrons. The number of amides is 2. The van der Waals surface area contributed by atoms with E-state index >= 15 is 0 Å². The van der Waals surface area contributed by atoms with E-state index in [-0.39, 0.29) is 29.6 Å². The van der Waals surface area contributed by atoms with E-state index in [0.717, 1.165) is 23.7 Å². The van der Waals surface area contributed by atoms with Crippen molar-refractivity contribution in [1.82, 2.24) is 0 Å². The van der Waals surface area contributed by atoms with Gasteiger partial charge in [0.25, 0.3) is 5.91 Å². The Labute approximate surface area is 172 Å². The number of carbonyl (C=O) groups excluding carboxylic acids is 3. The minimum atomic E-state index is -0.698. The van der Waals surface area contributed by atoms with Crippen LogP contribution in [0.25, 0.3) is 0 Å². The zero-order chi connectivity index (χ0) is 21.0. The predicted molar refractivity (Wildman–Crippen MR) is 107 cm³/mol. The van der Waals surface area contributed by atoms with Crippen LogP contribution in [0.15, 0.2) is 42.5 Å². The second kappa shape index (κ2) is 9.05. The molecular formula is C21H20ClFN2O4. The summed E-state index contributed by atoms with van der Waals surface area (Å²) in [6.45, 7) is 1.65. The summed E-state index contributed by atoms with van der Waals surface area (Å²) in [5.74, 6) is -2.84. The van der Waals surface area contributed by atoms with Gasteiger partial charge >= 0.3 is 5.97 Å². The third kappa shape index (κ3) is 5.12. The van der Waals surface area contributed by atoms with Crippen LogP contribution >= 0.6 is 11.6 Å². The lowest BCUT2D eigenvalue weighted by Crippen LogP contribution is -2.28. The molecule has 6 nitrogen and oxygen atoms in total. The van der Waals surface area contributed by atoms with E-state index in [9.17, 15) is 18.8 Å². The molecule has 29 heavy (non-hydrogen) atoms. The van der Waals surface area contributed by atoms with E-state index in [4.69, 9.17) is 16.3 Å². The largest absolute Gasteiger partial charge is 0.455 e. The van der Waals surface area contributed by atoms with Crippen LogP contribution in [0, 0.1) is 11.7 Å². The van der Waals surface area contributed by atoms with Gasteiger partial charge in [-0.1, -0.05) is 30.7 Å². The molecule has 0 radical (unpaired) electrons.